The Balaban J connectivity index is 3.86. The zero-order chi connectivity index (χ0) is 32.8. The topological polar surface area (TPSA) is 195 Å². The van der Waals surface area contributed by atoms with Crippen LogP contribution in [-0.2, 0) is 47.7 Å². The van der Waals surface area contributed by atoms with Crippen molar-refractivity contribution in [3.8, 4) is 0 Å². The van der Waals surface area contributed by atoms with Crippen molar-refractivity contribution in [1.82, 2.24) is 10.2 Å². The van der Waals surface area contributed by atoms with Crippen LogP contribution in [0.2, 0.25) is 0 Å². The van der Waals surface area contributed by atoms with Crippen LogP contribution in [-0.4, -0.2) is 110 Å². The summed E-state index contributed by atoms with van der Waals surface area (Å²) in [5, 5.41) is 20.1. The molecule has 0 fully saturated rings. The van der Waals surface area contributed by atoms with Gasteiger partial charge in [-0.15, -0.1) is 0 Å². The lowest BCUT2D eigenvalue weighted by molar-refractivity contribution is -0.145. The second-order valence-corrected chi connectivity index (χ2v) is 9.69. The molecule has 44 heavy (non-hydrogen) atoms. The van der Waals surface area contributed by atoms with Crippen molar-refractivity contribution in [2.75, 3.05) is 59.2 Å². The maximum atomic E-state index is 12.0. The number of carboxylic acid groups (broad SMARTS) is 2. The average molecular weight is 629 g/mol. The van der Waals surface area contributed by atoms with Crippen LogP contribution in [0.3, 0.4) is 0 Å². The molecular formula is C30H48N2O12. The van der Waals surface area contributed by atoms with Crippen LogP contribution in [0.25, 0.3) is 0 Å². The summed E-state index contributed by atoms with van der Waals surface area (Å²) in [7, 11) is 0. The van der Waals surface area contributed by atoms with Crippen molar-refractivity contribution in [3.05, 3.63) is 24.3 Å². The molecular weight excluding hydrogens is 580 g/mol. The first-order valence-electron chi connectivity index (χ1n) is 15.0. The Bertz CT molecular complexity index is 920. The molecule has 0 aromatic carbocycles. The summed E-state index contributed by atoms with van der Waals surface area (Å²) >= 11 is 0. The number of carbonyl (C=O) groups is 6. The Morgan fingerprint density at radius 1 is 0.568 bits per heavy atom. The van der Waals surface area contributed by atoms with Gasteiger partial charge in [-0.2, -0.15) is 0 Å². The fourth-order valence-corrected chi connectivity index (χ4v) is 3.57. The van der Waals surface area contributed by atoms with E-state index in [-0.39, 0.29) is 51.2 Å². The molecule has 0 saturated carbocycles. The second kappa shape index (κ2) is 28.0. The third kappa shape index (κ3) is 28.3. The molecule has 0 rings (SSSR count). The number of nitrogens with one attached hydrogen (secondary N) is 1. The van der Waals surface area contributed by atoms with Crippen molar-refractivity contribution in [2.24, 2.45) is 0 Å². The molecule has 0 heterocycles. The number of hydrogen-bond acceptors (Lipinski definition) is 12. The normalized spacial score (nSPS) is 11.1. The Morgan fingerprint density at radius 3 is 1.59 bits per heavy atom. The van der Waals surface area contributed by atoms with Gasteiger partial charge in [0.25, 0.3) is 0 Å². The van der Waals surface area contributed by atoms with Crippen molar-refractivity contribution >= 4 is 35.8 Å². The smallest absolute Gasteiger partial charge is 0.331 e. The predicted molar refractivity (Wildman–Crippen MR) is 159 cm³/mol. The van der Waals surface area contributed by atoms with Crippen LogP contribution >= 0.6 is 0 Å². The van der Waals surface area contributed by atoms with Crippen LogP contribution < -0.4 is 5.32 Å². The SMILES string of the molecule is CCCCN(CCNCCOC(=O)CCCCCOC(=O)C=CC(=O)O)CCOC(=O)CCCCCOC(=O)C=CC(=O)O. The van der Waals surface area contributed by atoms with E-state index < -0.39 is 23.9 Å². The van der Waals surface area contributed by atoms with E-state index in [4.69, 9.17) is 29.2 Å². The Labute approximate surface area is 258 Å². The summed E-state index contributed by atoms with van der Waals surface area (Å²) in [5.74, 6) is -4.46. The monoisotopic (exact) mass is 628 g/mol. The Hall–Kier alpha value is -3.78. The molecule has 0 unspecified atom stereocenters. The minimum Gasteiger partial charge on any atom is -0.478 e. The molecule has 0 bridgehead atoms. The van der Waals surface area contributed by atoms with Gasteiger partial charge in [-0.1, -0.05) is 13.3 Å². The molecule has 0 aliphatic rings. The van der Waals surface area contributed by atoms with Crippen LogP contribution in [0, 0.1) is 0 Å². The highest BCUT2D eigenvalue weighted by molar-refractivity contribution is 5.91. The van der Waals surface area contributed by atoms with Crippen LogP contribution in [0.15, 0.2) is 24.3 Å². The first-order chi connectivity index (χ1) is 21.1. The summed E-state index contributed by atoms with van der Waals surface area (Å²) in [6.07, 6.45) is 9.38. The van der Waals surface area contributed by atoms with Gasteiger partial charge >= 0.3 is 35.8 Å². The largest absolute Gasteiger partial charge is 0.478 e. The fourth-order valence-electron chi connectivity index (χ4n) is 3.57. The van der Waals surface area contributed by atoms with E-state index >= 15 is 0 Å². The summed E-state index contributed by atoms with van der Waals surface area (Å²) in [4.78, 5) is 69.2. The van der Waals surface area contributed by atoms with E-state index in [1.54, 1.807) is 0 Å². The van der Waals surface area contributed by atoms with Gasteiger partial charge in [0, 0.05) is 63.3 Å². The van der Waals surface area contributed by atoms with E-state index in [0.717, 1.165) is 38.1 Å². The van der Waals surface area contributed by atoms with Gasteiger partial charge < -0.3 is 34.5 Å². The second-order valence-electron chi connectivity index (χ2n) is 9.69. The van der Waals surface area contributed by atoms with E-state index in [2.05, 4.69) is 17.1 Å². The van der Waals surface area contributed by atoms with Gasteiger partial charge in [-0.25, -0.2) is 19.2 Å². The molecule has 0 aromatic heterocycles. The fraction of sp³-hybridized carbons (Fsp3) is 0.667. The molecule has 0 atom stereocenters. The van der Waals surface area contributed by atoms with E-state index in [0.29, 0.717) is 70.3 Å². The van der Waals surface area contributed by atoms with E-state index in [9.17, 15) is 28.8 Å². The van der Waals surface area contributed by atoms with Crippen LogP contribution in [0.1, 0.15) is 71.1 Å². The predicted octanol–water partition coefficient (Wildman–Crippen LogP) is 2.25. The zero-order valence-electron chi connectivity index (χ0n) is 25.7. The Morgan fingerprint density at radius 2 is 1.09 bits per heavy atom. The number of carboxylic acids is 2. The minimum absolute atomic E-state index is 0.153. The zero-order valence-corrected chi connectivity index (χ0v) is 25.7. The quantitative estimate of drug-likeness (QED) is 0.0494. The average Bonchev–Trinajstić information content (AvgIpc) is 2.98. The molecule has 14 heteroatoms. The van der Waals surface area contributed by atoms with Gasteiger partial charge in [0.1, 0.15) is 13.2 Å². The van der Waals surface area contributed by atoms with Crippen molar-refractivity contribution < 1.29 is 57.9 Å². The van der Waals surface area contributed by atoms with Gasteiger partial charge in [-0.05, 0) is 51.5 Å². The lowest BCUT2D eigenvalue weighted by Gasteiger charge is -2.22. The van der Waals surface area contributed by atoms with Gasteiger partial charge in [-0.3, -0.25) is 14.5 Å². The standard InChI is InChI=1S/C30H48N2O12/c1-2-3-18-32(20-24-44-28(38)11-7-5-9-22-42-30(40)15-13-26(35)36)19-16-31-17-23-43-27(37)10-6-4-8-21-41-29(39)14-12-25(33)34/h12-15,31H,2-11,16-24H2,1H3,(H,33,34)(H,35,36). The van der Waals surface area contributed by atoms with E-state index in [1.807, 2.05) is 0 Å². The highest BCUT2D eigenvalue weighted by atomic mass is 16.5. The van der Waals surface area contributed by atoms with Crippen LogP contribution in [0.5, 0.6) is 0 Å². The molecule has 0 aliphatic carbocycles. The lowest BCUT2D eigenvalue weighted by Crippen LogP contribution is -2.36. The third-order valence-corrected chi connectivity index (χ3v) is 5.91. The number of esters is 4. The molecule has 0 saturated heterocycles. The molecule has 0 aliphatic heterocycles. The number of hydrogen-bond donors (Lipinski definition) is 3. The van der Waals surface area contributed by atoms with Gasteiger partial charge in [0.05, 0.1) is 13.2 Å². The first kappa shape index (κ1) is 40.2. The summed E-state index contributed by atoms with van der Waals surface area (Å²) < 4.78 is 20.3. The van der Waals surface area contributed by atoms with Crippen LogP contribution in [0.4, 0.5) is 0 Å². The number of carbonyl (C=O) groups excluding carboxylic acids is 4. The molecule has 0 amide bonds. The summed E-state index contributed by atoms with van der Waals surface area (Å²) in [6, 6.07) is 0. The molecule has 0 radical (unpaired) electrons. The third-order valence-electron chi connectivity index (χ3n) is 5.91. The highest BCUT2D eigenvalue weighted by Gasteiger charge is 2.08. The van der Waals surface area contributed by atoms with Gasteiger partial charge in [0.2, 0.25) is 0 Å². The Kier molecular flexibility index (Phi) is 25.6. The molecule has 14 nitrogen and oxygen atoms in total. The van der Waals surface area contributed by atoms with E-state index in [1.165, 1.54) is 0 Å². The molecule has 0 spiro atoms. The molecule has 0 aromatic rings. The number of nitrogens with zero attached hydrogens (tertiary/aromatic N) is 1. The van der Waals surface area contributed by atoms with Gasteiger partial charge in [0.15, 0.2) is 0 Å². The van der Waals surface area contributed by atoms with Crippen molar-refractivity contribution in [1.29, 1.82) is 0 Å². The summed E-state index contributed by atoms with van der Waals surface area (Å²) in [5.41, 5.74) is 0. The maximum Gasteiger partial charge on any atom is 0.331 e. The van der Waals surface area contributed by atoms with Crippen molar-refractivity contribution in [2.45, 2.75) is 71.1 Å². The number of aliphatic carboxylic acids is 2. The molecule has 250 valence electrons. The minimum atomic E-state index is -1.22. The highest BCUT2D eigenvalue weighted by Crippen LogP contribution is 2.04. The maximum absolute atomic E-state index is 12.0. The molecule has 3 N–H and O–H groups in total. The number of ether oxygens (including phenoxy) is 4. The summed E-state index contributed by atoms with van der Waals surface area (Å²) in [6.45, 7) is 6.40. The lowest BCUT2D eigenvalue weighted by atomic mass is 10.2. The van der Waals surface area contributed by atoms with Crippen molar-refractivity contribution in [3.63, 3.8) is 0 Å². The number of unbranched alkanes of at least 4 members (excludes halogenated alkanes) is 5. The number of rotatable bonds is 28. The first-order valence-corrected chi connectivity index (χ1v) is 15.0.